The maximum atomic E-state index is 12.4. The fourth-order valence-electron chi connectivity index (χ4n) is 3.02. The number of carbonyl (C=O) groups excluding carboxylic acids is 1. The van der Waals surface area contributed by atoms with Crippen molar-refractivity contribution in [2.75, 3.05) is 0 Å². The molecule has 4 aromatic rings. The van der Waals surface area contributed by atoms with Crippen molar-refractivity contribution in [1.82, 2.24) is 24.4 Å². The Morgan fingerprint density at radius 2 is 1.92 bits per heavy atom. The van der Waals surface area contributed by atoms with Crippen LogP contribution in [0.4, 0.5) is 0 Å². The van der Waals surface area contributed by atoms with Gasteiger partial charge in [0, 0.05) is 26.2 Å². The Bertz CT molecular complexity index is 1170. The highest BCUT2D eigenvalue weighted by molar-refractivity contribution is 5.97. The second-order valence-corrected chi connectivity index (χ2v) is 6.04. The molecule has 2 N–H and O–H groups in total. The van der Waals surface area contributed by atoms with Crippen LogP contribution in [0.3, 0.4) is 0 Å². The Morgan fingerprint density at radius 3 is 2.76 bits per heavy atom. The summed E-state index contributed by atoms with van der Waals surface area (Å²) < 4.78 is 3.21. The molecule has 1 amide bonds. The van der Waals surface area contributed by atoms with Crippen LogP contribution in [-0.2, 0) is 20.6 Å². The van der Waals surface area contributed by atoms with Gasteiger partial charge in [0.1, 0.15) is 0 Å². The van der Waals surface area contributed by atoms with Crippen molar-refractivity contribution in [3.05, 3.63) is 64.3 Å². The number of H-pyrrole nitrogens is 1. The van der Waals surface area contributed by atoms with E-state index in [1.54, 1.807) is 41.7 Å². The van der Waals surface area contributed by atoms with Gasteiger partial charge in [0.15, 0.2) is 0 Å². The van der Waals surface area contributed by atoms with Crippen LogP contribution >= 0.6 is 0 Å². The first-order valence-corrected chi connectivity index (χ1v) is 7.90. The first kappa shape index (κ1) is 15.2. The van der Waals surface area contributed by atoms with Gasteiger partial charge >= 0.3 is 5.69 Å². The predicted molar refractivity (Wildman–Crippen MR) is 95.4 cm³/mol. The number of fused-ring (bicyclic) bond motifs is 2. The Kier molecular flexibility index (Phi) is 3.42. The van der Waals surface area contributed by atoms with Gasteiger partial charge in [-0.2, -0.15) is 0 Å². The molecule has 2 aromatic carbocycles. The summed E-state index contributed by atoms with van der Waals surface area (Å²) >= 11 is 0. The number of aromatic nitrogens is 4. The lowest BCUT2D eigenvalue weighted by molar-refractivity contribution is 0.0951. The minimum Gasteiger partial charge on any atom is -0.348 e. The van der Waals surface area contributed by atoms with Gasteiger partial charge in [-0.3, -0.25) is 13.9 Å². The SMILES string of the molecule is Cn1c(=O)n(C)c2cc(CNC(=O)c3ccc4nc[nH]c4c3)ccc21. The zero-order valence-electron chi connectivity index (χ0n) is 13.9. The van der Waals surface area contributed by atoms with Crippen molar-refractivity contribution in [2.24, 2.45) is 14.1 Å². The van der Waals surface area contributed by atoms with Gasteiger partial charge in [0.25, 0.3) is 5.91 Å². The molecule has 0 fully saturated rings. The average Bonchev–Trinajstić information content (AvgIpc) is 3.18. The number of hydrogen-bond acceptors (Lipinski definition) is 3. The number of carbonyl (C=O) groups is 1. The molecule has 4 rings (SSSR count). The van der Waals surface area contributed by atoms with E-state index in [4.69, 9.17) is 0 Å². The molecule has 0 saturated carbocycles. The molecule has 0 unspecified atom stereocenters. The van der Waals surface area contributed by atoms with E-state index in [9.17, 15) is 9.59 Å². The van der Waals surface area contributed by atoms with Crippen molar-refractivity contribution in [1.29, 1.82) is 0 Å². The van der Waals surface area contributed by atoms with E-state index in [0.29, 0.717) is 12.1 Å². The van der Waals surface area contributed by atoms with Crippen LogP contribution in [0.2, 0.25) is 0 Å². The molecule has 0 spiro atoms. The van der Waals surface area contributed by atoms with E-state index in [-0.39, 0.29) is 11.6 Å². The minimum absolute atomic E-state index is 0.0657. The third-order valence-electron chi connectivity index (χ3n) is 4.47. The second-order valence-electron chi connectivity index (χ2n) is 6.04. The summed E-state index contributed by atoms with van der Waals surface area (Å²) in [7, 11) is 3.49. The Morgan fingerprint density at radius 1 is 1.12 bits per heavy atom. The van der Waals surface area contributed by atoms with Crippen LogP contribution in [-0.4, -0.2) is 25.0 Å². The molecular weight excluding hydrogens is 318 g/mol. The molecule has 0 radical (unpaired) electrons. The zero-order valence-corrected chi connectivity index (χ0v) is 13.9. The lowest BCUT2D eigenvalue weighted by atomic mass is 10.1. The standard InChI is InChI=1S/C18H17N5O2/c1-22-15-6-3-11(7-16(15)23(2)18(22)25)9-19-17(24)12-4-5-13-14(8-12)21-10-20-13/h3-8,10H,9H2,1-2H3,(H,19,24)(H,20,21). The van der Waals surface area contributed by atoms with E-state index in [1.807, 2.05) is 24.3 Å². The summed E-state index contributed by atoms with van der Waals surface area (Å²) in [4.78, 5) is 31.5. The molecule has 7 heteroatoms. The lowest BCUT2D eigenvalue weighted by Crippen LogP contribution is -2.22. The molecular formula is C18H17N5O2. The van der Waals surface area contributed by atoms with Gasteiger partial charge in [-0.15, -0.1) is 0 Å². The summed E-state index contributed by atoms with van der Waals surface area (Å²) in [5, 5.41) is 2.91. The molecule has 2 aromatic heterocycles. The highest BCUT2D eigenvalue weighted by Gasteiger charge is 2.10. The third kappa shape index (κ3) is 2.50. The van der Waals surface area contributed by atoms with E-state index < -0.39 is 0 Å². The van der Waals surface area contributed by atoms with Crippen LogP contribution in [0.5, 0.6) is 0 Å². The summed E-state index contributed by atoms with van der Waals surface area (Å²) in [5.41, 5.74) is 4.81. The average molecular weight is 335 g/mol. The van der Waals surface area contributed by atoms with Crippen LogP contribution in [0, 0.1) is 0 Å². The van der Waals surface area contributed by atoms with Crippen molar-refractivity contribution < 1.29 is 4.79 Å². The van der Waals surface area contributed by atoms with Gasteiger partial charge in [-0.1, -0.05) is 6.07 Å². The van der Waals surface area contributed by atoms with Gasteiger partial charge in [-0.25, -0.2) is 9.78 Å². The fraction of sp³-hybridized carbons (Fsp3) is 0.167. The van der Waals surface area contributed by atoms with E-state index in [0.717, 1.165) is 27.6 Å². The fourth-order valence-corrected chi connectivity index (χ4v) is 3.02. The van der Waals surface area contributed by atoms with Gasteiger partial charge < -0.3 is 10.3 Å². The molecule has 2 heterocycles. The number of hydrogen-bond donors (Lipinski definition) is 2. The number of rotatable bonds is 3. The number of aryl methyl sites for hydroxylation is 2. The Balaban J connectivity index is 1.56. The van der Waals surface area contributed by atoms with Crippen molar-refractivity contribution in [3.8, 4) is 0 Å². The van der Waals surface area contributed by atoms with Gasteiger partial charge in [0.2, 0.25) is 0 Å². The Labute approximate surface area is 142 Å². The van der Waals surface area contributed by atoms with Crippen molar-refractivity contribution in [2.45, 2.75) is 6.54 Å². The first-order valence-electron chi connectivity index (χ1n) is 7.90. The third-order valence-corrected chi connectivity index (χ3v) is 4.47. The van der Waals surface area contributed by atoms with Crippen molar-refractivity contribution in [3.63, 3.8) is 0 Å². The summed E-state index contributed by atoms with van der Waals surface area (Å²) in [6.07, 6.45) is 1.60. The first-order chi connectivity index (χ1) is 12.0. The number of nitrogens with one attached hydrogen (secondary N) is 2. The van der Waals surface area contributed by atoms with E-state index in [1.165, 1.54) is 0 Å². The summed E-state index contributed by atoms with van der Waals surface area (Å²) in [6, 6.07) is 11.1. The molecule has 0 aliphatic carbocycles. The molecule has 7 nitrogen and oxygen atoms in total. The Hall–Kier alpha value is -3.35. The normalized spacial score (nSPS) is 11.3. The largest absolute Gasteiger partial charge is 0.348 e. The highest BCUT2D eigenvalue weighted by Crippen LogP contribution is 2.15. The molecule has 0 bridgehead atoms. The molecule has 25 heavy (non-hydrogen) atoms. The van der Waals surface area contributed by atoms with Crippen molar-refractivity contribution >= 4 is 28.0 Å². The minimum atomic E-state index is -0.154. The monoisotopic (exact) mass is 335 g/mol. The van der Waals surface area contributed by atoms with E-state index >= 15 is 0 Å². The smallest absolute Gasteiger partial charge is 0.328 e. The number of aromatic amines is 1. The number of imidazole rings is 2. The predicted octanol–water partition coefficient (Wildman–Crippen LogP) is 1.68. The highest BCUT2D eigenvalue weighted by atomic mass is 16.2. The molecule has 0 aliphatic heterocycles. The molecule has 0 saturated heterocycles. The van der Waals surface area contributed by atoms with E-state index in [2.05, 4.69) is 15.3 Å². The van der Waals surface area contributed by atoms with Gasteiger partial charge in [-0.05, 0) is 35.9 Å². The van der Waals surface area contributed by atoms with Crippen LogP contribution < -0.4 is 11.0 Å². The molecule has 0 aliphatic rings. The van der Waals surface area contributed by atoms with Crippen LogP contribution in [0.15, 0.2) is 47.5 Å². The lowest BCUT2D eigenvalue weighted by Gasteiger charge is -2.06. The summed E-state index contributed by atoms with van der Waals surface area (Å²) in [5.74, 6) is -0.154. The van der Waals surface area contributed by atoms with Crippen LogP contribution in [0.25, 0.3) is 22.1 Å². The quantitative estimate of drug-likeness (QED) is 0.597. The topological polar surface area (TPSA) is 84.7 Å². The number of amides is 1. The summed E-state index contributed by atoms with van der Waals surface area (Å²) in [6.45, 7) is 0.388. The van der Waals surface area contributed by atoms with Gasteiger partial charge in [0.05, 0.1) is 28.4 Å². The van der Waals surface area contributed by atoms with Crippen LogP contribution in [0.1, 0.15) is 15.9 Å². The maximum absolute atomic E-state index is 12.4. The maximum Gasteiger partial charge on any atom is 0.328 e. The number of nitrogens with zero attached hydrogens (tertiary/aromatic N) is 3. The molecule has 0 atom stereocenters. The zero-order chi connectivity index (χ0) is 17.6. The number of benzene rings is 2. The second kappa shape index (κ2) is 5.62. The molecule has 126 valence electrons.